The Balaban J connectivity index is 3.11. The van der Waals surface area contributed by atoms with Crippen molar-refractivity contribution in [3.8, 4) is 5.88 Å². The second kappa shape index (κ2) is 2.81. The highest BCUT2D eigenvalue weighted by molar-refractivity contribution is 5.19. The summed E-state index contributed by atoms with van der Waals surface area (Å²) in [6, 6.07) is 0. The van der Waals surface area contributed by atoms with Gasteiger partial charge in [0, 0.05) is 5.54 Å². The largest absolute Gasteiger partial charge is 0.480 e. The molecule has 3 nitrogen and oxygen atoms in total. The SMILES string of the molecule is COc1ncn(C(C)(C)C)c1C. The Morgan fingerprint density at radius 2 is 2.00 bits per heavy atom. The molecule has 0 unspecified atom stereocenters. The molecule has 3 heteroatoms. The van der Waals surface area contributed by atoms with Crippen LogP contribution in [0.15, 0.2) is 6.33 Å². The monoisotopic (exact) mass is 168 g/mol. The van der Waals surface area contributed by atoms with E-state index in [1.54, 1.807) is 7.11 Å². The molecular formula is C9H16N2O. The fourth-order valence-corrected chi connectivity index (χ4v) is 1.27. The Bertz CT molecular complexity index is 271. The van der Waals surface area contributed by atoms with Gasteiger partial charge in [0.25, 0.3) is 0 Å². The highest BCUT2D eigenvalue weighted by Crippen LogP contribution is 2.22. The average molecular weight is 168 g/mol. The molecule has 1 rings (SSSR count). The molecule has 12 heavy (non-hydrogen) atoms. The first-order valence-electron chi connectivity index (χ1n) is 4.05. The smallest absolute Gasteiger partial charge is 0.234 e. The molecule has 0 radical (unpaired) electrons. The topological polar surface area (TPSA) is 27.1 Å². The standard InChI is InChI=1S/C9H16N2O/c1-7-8(12-5)10-6-11(7)9(2,3)4/h6H,1-5H3. The molecule has 0 aliphatic rings. The minimum Gasteiger partial charge on any atom is -0.480 e. The minimum absolute atomic E-state index is 0.0772. The number of nitrogens with zero attached hydrogens (tertiary/aromatic N) is 2. The molecule has 0 aliphatic carbocycles. The number of imidazole rings is 1. The Kier molecular flexibility index (Phi) is 2.13. The molecule has 0 saturated heterocycles. The molecule has 0 saturated carbocycles. The lowest BCUT2D eigenvalue weighted by molar-refractivity contribution is 0.372. The van der Waals surface area contributed by atoms with Crippen molar-refractivity contribution in [1.82, 2.24) is 9.55 Å². The van der Waals surface area contributed by atoms with Crippen LogP contribution in [0.4, 0.5) is 0 Å². The first-order chi connectivity index (χ1) is 5.46. The summed E-state index contributed by atoms with van der Waals surface area (Å²) < 4.78 is 7.19. The third-order valence-corrected chi connectivity index (χ3v) is 1.88. The van der Waals surface area contributed by atoms with E-state index in [1.807, 2.05) is 13.3 Å². The molecule has 0 bridgehead atoms. The van der Waals surface area contributed by atoms with E-state index in [1.165, 1.54) is 0 Å². The van der Waals surface area contributed by atoms with Gasteiger partial charge in [-0.1, -0.05) is 0 Å². The van der Waals surface area contributed by atoms with Crippen LogP contribution in [0.5, 0.6) is 5.88 Å². The van der Waals surface area contributed by atoms with Gasteiger partial charge < -0.3 is 9.30 Å². The van der Waals surface area contributed by atoms with Gasteiger partial charge in [0.2, 0.25) is 5.88 Å². The number of rotatable bonds is 1. The summed E-state index contributed by atoms with van der Waals surface area (Å²) in [4.78, 5) is 4.14. The Morgan fingerprint density at radius 3 is 2.25 bits per heavy atom. The molecule has 0 aliphatic heterocycles. The molecule has 1 aromatic rings. The maximum Gasteiger partial charge on any atom is 0.234 e. The zero-order valence-electron chi connectivity index (χ0n) is 8.38. The molecule has 0 N–H and O–H groups in total. The van der Waals surface area contributed by atoms with Gasteiger partial charge in [-0.15, -0.1) is 0 Å². The summed E-state index contributed by atoms with van der Waals surface area (Å²) in [6.45, 7) is 8.43. The van der Waals surface area contributed by atoms with Crippen LogP contribution in [-0.4, -0.2) is 16.7 Å². The molecule has 1 aromatic heterocycles. The zero-order chi connectivity index (χ0) is 9.35. The van der Waals surface area contributed by atoms with Gasteiger partial charge in [0.15, 0.2) is 0 Å². The first kappa shape index (κ1) is 9.10. The number of hydrogen-bond acceptors (Lipinski definition) is 2. The van der Waals surface area contributed by atoms with Gasteiger partial charge in [0.05, 0.1) is 19.1 Å². The maximum absolute atomic E-state index is 5.09. The van der Waals surface area contributed by atoms with E-state index < -0.39 is 0 Å². The van der Waals surface area contributed by atoms with Crippen molar-refractivity contribution >= 4 is 0 Å². The maximum atomic E-state index is 5.09. The summed E-state index contributed by atoms with van der Waals surface area (Å²) >= 11 is 0. The van der Waals surface area contributed by atoms with Gasteiger partial charge in [-0.25, -0.2) is 4.98 Å². The van der Waals surface area contributed by atoms with E-state index in [9.17, 15) is 0 Å². The van der Waals surface area contributed by atoms with E-state index >= 15 is 0 Å². The van der Waals surface area contributed by atoms with Gasteiger partial charge >= 0.3 is 0 Å². The van der Waals surface area contributed by atoms with Crippen molar-refractivity contribution in [3.05, 3.63) is 12.0 Å². The first-order valence-corrected chi connectivity index (χ1v) is 4.05. The Labute approximate surface area is 73.4 Å². The third kappa shape index (κ3) is 1.44. The highest BCUT2D eigenvalue weighted by atomic mass is 16.5. The third-order valence-electron chi connectivity index (χ3n) is 1.88. The van der Waals surface area contributed by atoms with Crippen LogP contribution in [0.25, 0.3) is 0 Å². The lowest BCUT2D eigenvalue weighted by atomic mass is 10.1. The van der Waals surface area contributed by atoms with Crippen molar-refractivity contribution in [1.29, 1.82) is 0 Å². The number of methoxy groups -OCH3 is 1. The van der Waals surface area contributed by atoms with Crippen molar-refractivity contribution < 1.29 is 4.74 Å². The minimum atomic E-state index is 0.0772. The fourth-order valence-electron chi connectivity index (χ4n) is 1.27. The summed E-state index contributed by atoms with van der Waals surface area (Å²) in [6.07, 6.45) is 1.81. The lowest BCUT2D eigenvalue weighted by Crippen LogP contribution is -2.21. The van der Waals surface area contributed by atoms with Crippen LogP contribution in [-0.2, 0) is 5.54 Å². The lowest BCUT2D eigenvalue weighted by Gasteiger charge is -2.22. The molecule has 1 heterocycles. The summed E-state index contributed by atoms with van der Waals surface area (Å²) in [5.74, 6) is 0.713. The fraction of sp³-hybridized carbons (Fsp3) is 0.667. The second-order valence-electron chi connectivity index (χ2n) is 3.88. The van der Waals surface area contributed by atoms with E-state index in [0.717, 1.165) is 5.69 Å². The highest BCUT2D eigenvalue weighted by Gasteiger charge is 2.17. The Morgan fingerprint density at radius 1 is 1.42 bits per heavy atom. The second-order valence-corrected chi connectivity index (χ2v) is 3.88. The van der Waals surface area contributed by atoms with Crippen molar-refractivity contribution in [2.45, 2.75) is 33.2 Å². The van der Waals surface area contributed by atoms with Crippen molar-refractivity contribution in [2.75, 3.05) is 7.11 Å². The summed E-state index contributed by atoms with van der Waals surface area (Å²) in [5.41, 5.74) is 1.15. The molecule has 0 amide bonds. The van der Waals surface area contributed by atoms with E-state index in [2.05, 4.69) is 30.3 Å². The van der Waals surface area contributed by atoms with Crippen molar-refractivity contribution in [3.63, 3.8) is 0 Å². The van der Waals surface area contributed by atoms with Crippen LogP contribution in [0.2, 0.25) is 0 Å². The van der Waals surface area contributed by atoms with Gasteiger partial charge in [0.1, 0.15) is 0 Å². The molecule has 0 atom stereocenters. The van der Waals surface area contributed by atoms with E-state index in [4.69, 9.17) is 4.74 Å². The van der Waals surface area contributed by atoms with Gasteiger partial charge in [-0.2, -0.15) is 0 Å². The van der Waals surface area contributed by atoms with Crippen LogP contribution in [0.1, 0.15) is 26.5 Å². The van der Waals surface area contributed by atoms with Crippen LogP contribution in [0.3, 0.4) is 0 Å². The molecule has 0 spiro atoms. The van der Waals surface area contributed by atoms with Crippen LogP contribution >= 0.6 is 0 Å². The zero-order valence-corrected chi connectivity index (χ0v) is 8.38. The number of aromatic nitrogens is 2. The molecular weight excluding hydrogens is 152 g/mol. The summed E-state index contributed by atoms with van der Waals surface area (Å²) in [5, 5.41) is 0. The van der Waals surface area contributed by atoms with Crippen LogP contribution in [0, 0.1) is 6.92 Å². The predicted octanol–water partition coefficient (Wildman–Crippen LogP) is 1.96. The normalized spacial score (nSPS) is 11.8. The van der Waals surface area contributed by atoms with Crippen LogP contribution < -0.4 is 4.74 Å². The van der Waals surface area contributed by atoms with Gasteiger partial charge in [-0.05, 0) is 27.7 Å². The summed E-state index contributed by atoms with van der Waals surface area (Å²) in [7, 11) is 1.64. The quantitative estimate of drug-likeness (QED) is 0.641. The molecule has 0 aromatic carbocycles. The molecule has 0 fully saturated rings. The predicted molar refractivity (Wildman–Crippen MR) is 48.5 cm³/mol. The number of hydrogen-bond donors (Lipinski definition) is 0. The molecule has 68 valence electrons. The number of ether oxygens (including phenoxy) is 1. The van der Waals surface area contributed by atoms with Gasteiger partial charge in [-0.3, -0.25) is 0 Å². The van der Waals surface area contributed by atoms with E-state index in [-0.39, 0.29) is 5.54 Å². The van der Waals surface area contributed by atoms with Crippen molar-refractivity contribution in [2.24, 2.45) is 0 Å². The van der Waals surface area contributed by atoms with E-state index in [0.29, 0.717) is 5.88 Å². The Hall–Kier alpha value is -0.990. The average Bonchev–Trinajstić information content (AvgIpc) is 2.29.